The smallest absolute Gasteiger partial charge is 0.410 e. The molecule has 5 heteroatoms. The minimum Gasteiger partial charge on any atom is -0.469 e. The van der Waals surface area contributed by atoms with Crippen LogP contribution in [0.1, 0.15) is 40.0 Å². The van der Waals surface area contributed by atoms with E-state index in [1.807, 2.05) is 20.8 Å². The molecule has 1 heterocycles. The van der Waals surface area contributed by atoms with Crippen LogP contribution in [0.4, 0.5) is 4.79 Å². The Kier molecular flexibility index (Phi) is 4.99. The average Bonchev–Trinajstić information content (AvgIpc) is 2.27. The Bertz CT molecular complexity index is 309. The zero-order valence-electron chi connectivity index (χ0n) is 11.7. The first-order valence-corrected chi connectivity index (χ1v) is 6.36. The summed E-state index contributed by atoms with van der Waals surface area (Å²) >= 11 is 0. The fraction of sp³-hybridized carbons (Fsp3) is 0.846. The van der Waals surface area contributed by atoms with Crippen molar-refractivity contribution in [3.8, 4) is 0 Å². The summed E-state index contributed by atoms with van der Waals surface area (Å²) in [6.07, 6.45) is 1.93. The summed E-state index contributed by atoms with van der Waals surface area (Å²) in [7, 11) is 1.39. The van der Waals surface area contributed by atoms with Crippen molar-refractivity contribution in [3.05, 3.63) is 0 Å². The van der Waals surface area contributed by atoms with Gasteiger partial charge in [0.1, 0.15) is 5.60 Å². The maximum Gasteiger partial charge on any atom is 0.410 e. The van der Waals surface area contributed by atoms with E-state index in [1.54, 1.807) is 4.90 Å². The van der Waals surface area contributed by atoms with Crippen molar-refractivity contribution in [2.24, 2.45) is 5.92 Å². The highest BCUT2D eigenvalue weighted by Crippen LogP contribution is 2.21. The number of methoxy groups -OCH3 is 1. The minimum atomic E-state index is -0.480. The number of carbonyl (C=O) groups excluding carboxylic acids is 2. The number of likely N-dealkylation sites (tertiary alicyclic amines) is 1. The quantitative estimate of drug-likeness (QED) is 0.712. The number of ether oxygens (including phenoxy) is 2. The van der Waals surface area contributed by atoms with E-state index >= 15 is 0 Å². The highest BCUT2D eigenvalue weighted by Gasteiger charge is 2.28. The zero-order valence-corrected chi connectivity index (χ0v) is 11.7. The molecule has 0 spiro atoms. The van der Waals surface area contributed by atoms with E-state index < -0.39 is 5.60 Å². The third-order valence-electron chi connectivity index (χ3n) is 2.85. The lowest BCUT2D eigenvalue weighted by Gasteiger charge is -2.33. The van der Waals surface area contributed by atoms with Crippen LogP contribution >= 0.6 is 0 Å². The molecule has 0 aromatic carbocycles. The van der Waals surface area contributed by atoms with Crippen molar-refractivity contribution < 1.29 is 19.1 Å². The molecule has 0 aromatic rings. The fourth-order valence-electron chi connectivity index (χ4n) is 2.04. The fourth-order valence-corrected chi connectivity index (χ4v) is 2.04. The number of carbonyl (C=O) groups is 2. The monoisotopic (exact) mass is 257 g/mol. The van der Waals surface area contributed by atoms with Crippen LogP contribution in [0.3, 0.4) is 0 Å². The van der Waals surface area contributed by atoms with Crippen molar-refractivity contribution in [1.82, 2.24) is 4.90 Å². The van der Waals surface area contributed by atoms with Gasteiger partial charge in [-0.15, -0.1) is 0 Å². The molecule has 0 aromatic heterocycles. The number of nitrogens with zero attached hydrogens (tertiary/aromatic N) is 1. The molecule has 0 bridgehead atoms. The van der Waals surface area contributed by atoms with Gasteiger partial charge in [-0.1, -0.05) is 0 Å². The van der Waals surface area contributed by atoms with Gasteiger partial charge >= 0.3 is 12.1 Å². The van der Waals surface area contributed by atoms with E-state index in [9.17, 15) is 9.59 Å². The Hall–Kier alpha value is -1.26. The summed E-state index contributed by atoms with van der Waals surface area (Å²) in [5.74, 6) is -0.0373. The third kappa shape index (κ3) is 4.94. The van der Waals surface area contributed by atoms with Crippen LogP contribution in [0.5, 0.6) is 0 Å². The Labute approximate surface area is 108 Å². The van der Waals surface area contributed by atoms with E-state index in [0.29, 0.717) is 19.5 Å². The predicted molar refractivity (Wildman–Crippen MR) is 67.2 cm³/mol. The molecule has 0 N–H and O–H groups in total. The summed E-state index contributed by atoms with van der Waals surface area (Å²) in [4.78, 5) is 24.8. The highest BCUT2D eigenvalue weighted by molar-refractivity contribution is 5.70. The van der Waals surface area contributed by atoms with Crippen LogP contribution in [0, 0.1) is 5.92 Å². The SMILES string of the molecule is COC(=O)C[C@H]1CCCN(C(=O)OC(C)(C)C)C1. The number of rotatable bonds is 2. The predicted octanol–water partition coefficient (Wildman–Crippen LogP) is 2.20. The van der Waals surface area contributed by atoms with E-state index in [0.717, 1.165) is 12.8 Å². The molecule has 18 heavy (non-hydrogen) atoms. The van der Waals surface area contributed by atoms with Gasteiger partial charge in [0, 0.05) is 13.1 Å². The number of hydrogen-bond donors (Lipinski definition) is 0. The van der Waals surface area contributed by atoms with E-state index in [2.05, 4.69) is 4.74 Å². The lowest BCUT2D eigenvalue weighted by Crippen LogP contribution is -2.43. The Balaban J connectivity index is 2.48. The van der Waals surface area contributed by atoms with Gasteiger partial charge in [-0.2, -0.15) is 0 Å². The topological polar surface area (TPSA) is 55.8 Å². The van der Waals surface area contributed by atoms with Crippen molar-refractivity contribution >= 4 is 12.1 Å². The standard InChI is InChI=1S/C13H23NO4/c1-13(2,3)18-12(16)14-7-5-6-10(9-14)8-11(15)17-4/h10H,5-9H2,1-4H3/t10-/m1/s1. The number of amides is 1. The Morgan fingerprint density at radius 1 is 1.33 bits per heavy atom. The van der Waals surface area contributed by atoms with Crippen LogP contribution in [-0.4, -0.2) is 42.8 Å². The van der Waals surface area contributed by atoms with E-state index in [1.165, 1.54) is 7.11 Å². The van der Waals surface area contributed by atoms with Gasteiger partial charge in [0.05, 0.1) is 13.5 Å². The molecule has 0 unspecified atom stereocenters. The molecule has 1 amide bonds. The molecule has 1 aliphatic rings. The van der Waals surface area contributed by atoms with Crippen LogP contribution in [0.15, 0.2) is 0 Å². The number of hydrogen-bond acceptors (Lipinski definition) is 4. The second-order valence-electron chi connectivity index (χ2n) is 5.71. The van der Waals surface area contributed by atoms with Gasteiger partial charge in [0.25, 0.3) is 0 Å². The molecule has 1 saturated heterocycles. The lowest BCUT2D eigenvalue weighted by molar-refractivity contribution is -0.142. The van der Waals surface area contributed by atoms with Crippen LogP contribution in [0.2, 0.25) is 0 Å². The van der Waals surface area contributed by atoms with E-state index in [-0.39, 0.29) is 18.0 Å². The van der Waals surface area contributed by atoms with Gasteiger partial charge in [0.2, 0.25) is 0 Å². The molecule has 1 atom stereocenters. The summed E-state index contributed by atoms with van der Waals surface area (Å²) in [5.41, 5.74) is -0.480. The van der Waals surface area contributed by atoms with Gasteiger partial charge in [-0.05, 0) is 39.5 Å². The molecule has 0 radical (unpaired) electrons. The van der Waals surface area contributed by atoms with Crippen LogP contribution in [-0.2, 0) is 14.3 Å². The van der Waals surface area contributed by atoms with Crippen molar-refractivity contribution in [3.63, 3.8) is 0 Å². The molecular formula is C13H23NO4. The maximum absolute atomic E-state index is 11.9. The normalized spacial score (nSPS) is 20.4. The van der Waals surface area contributed by atoms with Gasteiger partial charge in [-0.3, -0.25) is 4.79 Å². The highest BCUT2D eigenvalue weighted by atomic mass is 16.6. The Morgan fingerprint density at radius 2 is 2.00 bits per heavy atom. The molecule has 0 aliphatic carbocycles. The van der Waals surface area contributed by atoms with Crippen LogP contribution in [0.25, 0.3) is 0 Å². The molecule has 104 valence electrons. The molecule has 0 saturated carbocycles. The molecule has 1 rings (SSSR count). The van der Waals surface area contributed by atoms with Gasteiger partial charge in [-0.25, -0.2) is 4.79 Å². The van der Waals surface area contributed by atoms with E-state index in [4.69, 9.17) is 4.74 Å². The first-order valence-electron chi connectivity index (χ1n) is 6.36. The molecule has 1 aliphatic heterocycles. The lowest BCUT2D eigenvalue weighted by atomic mass is 9.95. The average molecular weight is 257 g/mol. The third-order valence-corrected chi connectivity index (χ3v) is 2.85. The van der Waals surface area contributed by atoms with Crippen molar-refractivity contribution in [2.75, 3.05) is 20.2 Å². The van der Waals surface area contributed by atoms with Gasteiger partial charge in [0.15, 0.2) is 0 Å². The number of esters is 1. The second kappa shape index (κ2) is 6.07. The minimum absolute atomic E-state index is 0.179. The molecular weight excluding hydrogens is 234 g/mol. The summed E-state index contributed by atoms with van der Waals surface area (Å²) < 4.78 is 9.98. The van der Waals surface area contributed by atoms with Gasteiger partial charge < -0.3 is 14.4 Å². The first-order chi connectivity index (χ1) is 8.31. The molecule has 1 fully saturated rings. The zero-order chi connectivity index (χ0) is 13.8. The maximum atomic E-state index is 11.9. The van der Waals surface area contributed by atoms with Crippen molar-refractivity contribution in [2.45, 2.75) is 45.6 Å². The summed E-state index contributed by atoms with van der Waals surface area (Å²) in [6.45, 7) is 6.82. The second-order valence-corrected chi connectivity index (χ2v) is 5.71. The van der Waals surface area contributed by atoms with Crippen molar-refractivity contribution in [1.29, 1.82) is 0 Å². The summed E-state index contributed by atoms with van der Waals surface area (Å²) in [5, 5.41) is 0. The van der Waals surface area contributed by atoms with Crippen LogP contribution < -0.4 is 0 Å². The first kappa shape index (κ1) is 14.8. The Morgan fingerprint density at radius 3 is 2.56 bits per heavy atom. The largest absolute Gasteiger partial charge is 0.469 e. The molecule has 5 nitrogen and oxygen atoms in total. The summed E-state index contributed by atoms with van der Waals surface area (Å²) in [6, 6.07) is 0. The number of piperidine rings is 1.